The molecule has 2 rings (SSSR count). The van der Waals surface area contributed by atoms with Crippen LogP contribution in [0.5, 0.6) is 5.75 Å². The molecule has 1 aromatic carbocycles. The van der Waals surface area contributed by atoms with Gasteiger partial charge < -0.3 is 10.1 Å². The van der Waals surface area contributed by atoms with Gasteiger partial charge in [0.15, 0.2) is 15.6 Å². The number of ether oxygens (including phenoxy) is 1. The Morgan fingerprint density at radius 3 is 2.57 bits per heavy atom. The van der Waals surface area contributed by atoms with Crippen molar-refractivity contribution in [2.45, 2.75) is 32.9 Å². The average molecular weight is 424 g/mol. The standard InChI is InChI=1S/C19H22ClN3O4S/c1-12(9-10-28(4,25)26)22-19(24)18-21-11-17(13(2)23-18)27-14(3)15-7-5-6-8-16(15)20/h5-12,14H,1-4H3,(H,22,24)/b10-9+/t12-,14+/m1/s1. The molecule has 1 amide bonds. The zero-order valence-electron chi connectivity index (χ0n) is 16.0. The van der Waals surface area contributed by atoms with E-state index in [4.69, 9.17) is 16.3 Å². The van der Waals surface area contributed by atoms with Gasteiger partial charge in [0.1, 0.15) is 6.10 Å². The number of hydrogen-bond acceptors (Lipinski definition) is 6. The Morgan fingerprint density at radius 2 is 1.96 bits per heavy atom. The maximum absolute atomic E-state index is 12.3. The molecule has 2 aromatic rings. The van der Waals surface area contributed by atoms with Crippen molar-refractivity contribution in [3.8, 4) is 5.75 Å². The van der Waals surface area contributed by atoms with E-state index in [-0.39, 0.29) is 11.9 Å². The minimum atomic E-state index is -3.26. The Balaban J connectivity index is 2.08. The summed E-state index contributed by atoms with van der Waals surface area (Å²) in [6.45, 7) is 5.21. The number of aromatic nitrogens is 2. The highest BCUT2D eigenvalue weighted by Crippen LogP contribution is 2.27. The summed E-state index contributed by atoms with van der Waals surface area (Å²) in [6, 6.07) is 6.87. The summed E-state index contributed by atoms with van der Waals surface area (Å²) >= 11 is 6.19. The maximum atomic E-state index is 12.3. The van der Waals surface area contributed by atoms with Gasteiger partial charge in [-0.25, -0.2) is 18.4 Å². The number of nitrogens with one attached hydrogen (secondary N) is 1. The van der Waals surface area contributed by atoms with Gasteiger partial charge in [-0.15, -0.1) is 0 Å². The molecule has 0 fully saturated rings. The molecule has 0 saturated carbocycles. The van der Waals surface area contributed by atoms with Crippen LogP contribution in [-0.4, -0.2) is 36.6 Å². The van der Waals surface area contributed by atoms with Gasteiger partial charge in [0.25, 0.3) is 5.91 Å². The lowest BCUT2D eigenvalue weighted by Crippen LogP contribution is -2.32. The Bertz CT molecular complexity index is 992. The second-order valence-electron chi connectivity index (χ2n) is 6.35. The first-order valence-corrected chi connectivity index (χ1v) is 10.8. The predicted octanol–water partition coefficient (Wildman–Crippen LogP) is 3.26. The Morgan fingerprint density at radius 1 is 1.29 bits per heavy atom. The van der Waals surface area contributed by atoms with Crippen LogP contribution >= 0.6 is 11.6 Å². The number of aryl methyl sites for hydroxylation is 1. The topological polar surface area (TPSA) is 98.2 Å². The van der Waals surface area contributed by atoms with E-state index >= 15 is 0 Å². The number of hydrogen-bond donors (Lipinski definition) is 1. The molecular weight excluding hydrogens is 402 g/mol. The van der Waals surface area contributed by atoms with Gasteiger partial charge in [-0.05, 0) is 26.8 Å². The van der Waals surface area contributed by atoms with E-state index in [0.717, 1.165) is 17.2 Å². The van der Waals surface area contributed by atoms with Crippen LogP contribution < -0.4 is 10.1 Å². The maximum Gasteiger partial charge on any atom is 0.289 e. The van der Waals surface area contributed by atoms with Crippen molar-refractivity contribution in [3.63, 3.8) is 0 Å². The molecule has 150 valence electrons. The number of halogens is 1. The number of carbonyl (C=O) groups is 1. The molecule has 0 radical (unpaired) electrons. The van der Waals surface area contributed by atoms with Gasteiger partial charge >= 0.3 is 0 Å². The van der Waals surface area contributed by atoms with Crippen LogP contribution in [0.15, 0.2) is 41.9 Å². The van der Waals surface area contributed by atoms with E-state index in [2.05, 4.69) is 15.3 Å². The Labute approximate surface area is 169 Å². The molecule has 0 aliphatic carbocycles. The monoisotopic (exact) mass is 423 g/mol. The zero-order chi connectivity index (χ0) is 20.9. The van der Waals surface area contributed by atoms with Crippen molar-refractivity contribution in [1.29, 1.82) is 0 Å². The highest BCUT2D eigenvalue weighted by molar-refractivity contribution is 7.93. The lowest BCUT2D eigenvalue weighted by Gasteiger charge is -2.17. The first-order valence-electron chi connectivity index (χ1n) is 8.50. The minimum Gasteiger partial charge on any atom is -0.482 e. The number of rotatable bonds is 7. The molecule has 0 spiro atoms. The van der Waals surface area contributed by atoms with E-state index in [1.54, 1.807) is 19.9 Å². The molecule has 0 aliphatic rings. The summed E-state index contributed by atoms with van der Waals surface area (Å²) in [7, 11) is -3.26. The Kier molecular flexibility index (Phi) is 7.15. The highest BCUT2D eigenvalue weighted by atomic mass is 35.5. The highest BCUT2D eigenvalue weighted by Gasteiger charge is 2.16. The lowest BCUT2D eigenvalue weighted by molar-refractivity contribution is 0.0935. The second-order valence-corrected chi connectivity index (χ2v) is 8.68. The normalized spacial score (nSPS) is 13.9. The Hall–Kier alpha value is -2.45. The summed E-state index contributed by atoms with van der Waals surface area (Å²) in [5, 5.41) is 4.25. The molecule has 0 aliphatic heterocycles. The van der Waals surface area contributed by atoms with Crippen LogP contribution in [-0.2, 0) is 9.84 Å². The summed E-state index contributed by atoms with van der Waals surface area (Å²) in [5.74, 6) is -0.108. The summed E-state index contributed by atoms with van der Waals surface area (Å²) < 4.78 is 28.2. The SMILES string of the molecule is Cc1nc(C(=O)N[C@H](C)/C=C/S(C)(=O)=O)ncc1O[C@@H](C)c1ccccc1Cl. The van der Waals surface area contributed by atoms with E-state index in [1.807, 2.05) is 25.1 Å². The fraction of sp³-hybridized carbons (Fsp3) is 0.316. The van der Waals surface area contributed by atoms with Crippen LogP contribution in [0.2, 0.25) is 5.02 Å². The van der Waals surface area contributed by atoms with Gasteiger partial charge in [-0.3, -0.25) is 4.79 Å². The predicted molar refractivity (Wildman–Crippen MR) is 108 cm³/mol. The molecule has 2 atom stereocenters. The number of sulfone groups is 1. The van der Waals surface area contributed by atoms with Gasteiger partial charge in [0.2, 0.25) is 5.82 Å². The second kappa shape index (κ2) is 9.16. The average Bonchev–Trinajstić information content (AvgIpc) is 2.61. The molecule has 28 heavy (non-hydrogen) atoms. The molecule has 0 unspecified atom stereocenters. The minimum absolute atomic E-state index is 0.0325. The smallest absolute Gasteiger partial charge is 0.289 e. The zero-order valence-corrected chi connectivity index (χ0v) is 17.6. The van der Waals surface area contributed by atoms with Crippen molar-refractivity contribution in [2.75, 3.05) is 6.26 Å². The fourth-order valence-electron chi connectivity index (χ4n) is 2.32. The van der Waals surface area contributed by atoms with Crippen molar-refractivity contribution in [2.24, 2.45) is 0 Å². The third kappa shape index (κ3) is 6.31. The molecule has 1 heterocycles. The van der Waals surface area contributed by atoms with E-state index in [9.17, 15) is 13.2 Å². The van der Waals surface area contributed by atoms with Crippen LogP contribution in [0.1, 0.15) is 41.8 Å². The molecule has 1 N–H and O–H groups in total. The van der Waals surface area contributed by atoms with Crippen LogP contribution in [0.3, 0.4) is 0 Å². The van der Waals surface area contributed by atoms with Crippen molar-refractivity contribution < 1.29 is 17.9 Å². The van der Waals surface area contributed by atoms with Gasteiger partial charge in [-0.1, -0.05) is 35.9 Å². The van der Waals surface area contributed by atoms with Crippen LogP contribution in [0.4, 0.5) is 0 Å². The number of amides is 1. The lowest BCUT2D eigenvalue weighted by atomic mass is 10.1. The first-order chi connectivity index (χ1) is 13.1. The third-order valence-corrected chi connectivity index (χ3v) is 4.75. The summed E-state index contributed by atoms with van der Waals surface area (Å²) in [5.41, 5.74) is 1.33. The van der Waals surface area contributed by atoms with Crippen molar-refractivity contribution in [3.05, 3.63) is 64.1 Å². The number of nitrogens with zero attached hydrogens (tertiary/aromatic N) is 2. The van der Waals surface area contributed by atoms with E-state index in [0.29, 0.717) is 16.5 Å². The number of benzene rings is 1. The van der Waals surface area contributed by atoms with Crippen molar-refractivity contribution in [1.82, 2.24) is 15.3 Å². The molecule has 9 heteroatoms. The van der Waals surface area contributed by atoms with Gasteiger partial charge in [-0.2, -0.15) is 0 Å². The van der Waals surface area contributed by atoms with E-state index in [1.165, 1.54) is 12.3 Å². The quantitative estimate of drug-likeness (QED) is 0.733. The van der Waals surface area contributed by atoms with Crippen molar-refractivity contribution >= 4 is 27.3 Å². The van der Waals surface area contributed by atoms with Gasteiger partial charge in [0, 0.05) is 28.3 Å². The largest absolute Gasteiger partial charge is 0.482 e. The molecule has 0 bridgehead atoms. The van der Waals surface area contributed by atoms with Gasteiger partial charge in [0.05, 0.1) is 11.9 Å². The molecule has 1 aromatic heterocycles. The fourth-order valence-corrected chi connectivity index (χ4v) is 3.13. The molecule has 7 nitrogen and oxygen atoms in total. The summed E-state index contributed by atoms with van der Waals surface area (Å²) in [6.07, 6.45) is 3.56. The van der Waals surface area contributed by atoms with Crippen LogP contribution in [0.25, 0.3) is 0 Å². The third-order valence-electron chi connectivity index (χ3n) is 3.76. The summed E-state index contributed by atoms with van der Waals surface area (Å²) in [4.78, 5) is 20.5. The number of carbonyl (C=O) groups excluding carboxylic acids is 1. The van der Waals surface area contributed by atoms with Crippen LogP contribution in [0, 0.1) is 6.92 Å². The molecular formula is C19H22ClN3O4S. The first kappa shape index (κ1) is 21.8. The van der Waals surface area contributed by atoms with E-state index < -0.39 is 21.8 Å². The molecule has 0 saturated heterocycles.